The Morgan fingerprint density at radius 2 is 0.726 bits per heavy atom. The van der Waals surface area contributed by atoms with E-state index >= 15 is 0 Å². The Kier molecular flexibility index (Phi) is 8.46. The van der Waals surface area contributed by atoms with Gasteiger partial charge in [-0.25, -0.2) is 0 Å². The molecule has 4 heteroatoms. The highest BCUT2D eigenvalue weighted by molar-refractivity contribution is 6.18. The van der Waals surface area contributed by atoms with Gasteiger partial charge >= 0.3 is 0 Å². The second-order valence-corrected chi connectivity index (χ2v) is 15.8. The van der Waals surface area contributed by atoms with Crippen LogP contribution in [0.2, 0.25) is 0 Å². The summed E-state index contributed by atoms with van der Waals surface area (Å²) in [5.41, 5.74) is 13.3. The van der Waals surface area contributed by atoms with Crippen molar-refractivity contribution in [3.8, 4) is 11.4 Å². The zero-order chi connectivity index (χ0) is 41.0. The molecule has 0 fully saturated rings. The lowest BCUT2D eigenvalue weighted by Gasteiger charge is -2.30. The molecule has 0 aliphatic carbocycles. The number of nitrogens with zero attached hydrogens (tertiary/aromatic N) is 4. The van der Waals surface area contributed by atoms with E-state index in [2.05, 4.69) is 262 Å². The van der Waals surface area contributed by atoms with Gasteiger partial charge in [0, 0.05) is 55.7 Å². The molecular formula is C58H40N4. The molecule has 0 amide bonds. The van der Waals surface area contributed by atoms with Gasteiger partial charge in [0.05, 0.1) is 33.4 Å². The van der Waals surface area contributed by atoms with Crippen LogP contribution in [0.25, 0.3) is 65.8 Å². The molecule has 4 nitrogen and oxygen atoms in total. The maximum atomic E-state index is 2.43. The number of aromatic nitrogens is 2. The summed E-state index contributed by atoms with van der Waals surface area (Å²) in [4.78, 5) is 4.84. The minimum atomic E-state index is 1.05. The second kappa shape index (κ2) is 14.7. The summed E-state index contributed by atoms with van der Waals surface area (Å²) >= 11 is 0. The molecule has 0 spiro atoms. The van der Waals surface area contributed by atoms with E-state index in [1.54, 1.807) is 0 Å². The number of fused-ring (bicyclic) bond motifs is 7. The van der Waals surface area contributed by atoms with E-state index in [9.17, 15) is 0 Å². The molecule has 12 aromatic rings. The third-order valence-electron chi connectivity index (χ3n) is 12.2. The van der Waals surface area contributed by atoms with Crippen molar-refractivity contribution in [3.63, 3.8) is 0 Å². The fraction of sp³-hybridized carbons (Fsp3) is 0. The Bertz CT molecular complexity index is 3520. The van der Waals surface area contributed by atoms with Gasteiger partial charge in [0.1, 0.15) is 0 Å². The normalized spacial score (nSPS) is 11.5. The Balaban J connectivity index is 1.19. The first-order valence-electron chi connectivity index (χ1n) is 21.2. The molecule has 2 aromatic heterocycles. The van der Waals surface area contributed by atoms with Crippen LogP contribution < -0.4 is 9.80 Å². The van der Waals surface area contributed by atoms with Gasteiger partial charge in [0.15, 0.2) is 0 Å². The number of hydrogen-bond acceptors (Lipinski definition) is 2. The Morgan fingerprint density at radius 3 is 1.34 bits per heavy atom. The lowest BCUT2D eigenvalue weighted by Crippen LogP contribution is -2.14. The van der Waals surface area contributed by atoms with Crippen molar-refractivity contribution in [1.29, 1.82) is 0 Å². The summed E-state index contributed by atoms with van der Waals surface area (Å²) in [6.07, 6.45) is 0. The molecule has 10 aromatic carbocycles. The van der Waals surface area contributed by atoms with Crippen molar-refractivity contribution in [2.24, 2.45) is 0 Å². The number of para-hydroxylation sites is 6. The van der Waals surface area contributed by atoms with Gasteiger partial charge in [0.2, 0.25) is 0 Å². The number of benzene rings is 10. The maximum Gasteiger partial charge on any atom is 0.0583 e. The van der Waals surface area contributed by atoms with E-state index in [0.717, 1.165) is 62.0 Å². The van der Waals surface area contributed by atoms with Gasteiger partial charge in [-0.3, -0.25) is 0 Å². The largest absolute Gasteiger partial charge is 0.310 e. The molecule has 0 aliphatic rings. The van der Waals surface area contributed by atoms with E-state index in [4.69, 9.17) is 0 Å². The van der Waals surface area contributed by atoms with Gasteiger partial charge in [0.25, 0.3) is 0 Å². The van der Waals surface area contributed by atoms with E-state index in [0.29, 0.717) is 0 Å². The van der Waals surface area contributed by atoms with Crippen LogP contribution in [0.1, 0.15) is 0 Å². The van der Waals surface area contributed by atoms with Crippen LogP contribution in [0.5, 0.6) is 0 Å². The molecule has 0 saturated carbocycles. The fourth-order valence-corrected chi connectivity index (χ4v) is 9.51. The van der Waals surface area contributed by atoms with Crippen LogP contribution in [-0.4, -0.2) is 9.13 Å². The summed E-state index contributed by atoms with van der Waals surface area (Å²) in [6.45, 7) is 0. The molecule has 0 N–H and O–H groups in total. The first-order valence-corrected chi connectivity index (χ1v) is 21.2. The third-order valence-corrected chi connectivity index (χ3v) is 12.2. The predicted octanol–water partition coefficient (Wildman–Crippen LogP) is 16.0. The second-order valence-electron chi connectivity index (χ2n) is 15.8. The quantitative estimate of drug-likeness (QED) is 0.152. The Labute approximate surface area is 360 Å². The van der Waals surface area contributed by atoms with Crippen LogP contribution >= 0.6 is 0 Å². The van der Waals surface area contributed by atoms with Crippen LogP contribution in [0, 0.1) is 0 Å². The van der Waals surface area contributed by atoms with Crippen molar-refractivity contribution < 1.29 is 0 Å². The standard InChI is InChI=1S/C58H40N4/c1-6-22-43(23-7-1)59(48-34-35-54-52(38-48)51-36-41-20-16-17-21-42(41)37-55(51)61(54)46-28-12-4-13-29-46)49-39-56(60(44-24-8-2-9-25-44)45-26-10-3-11-27-45)58-50-32-18-19-33-53(50)62(57(58)40-49)47-30-14-5-15-31-47/h1-40H. The smallest absolute Gasteiger partial charge is 0.0583 e. The van der Waals surface area contributed by atoms with Crippen molar-refractivity contribution in [2.75, 3.05) is 9.80 Å². The van der Waals surface area contributed by atoms with Crippen LogP contribution in [0.3, 0.4) is 0 Å². The molecule has 292 valence electrons. The van der Waals surface area contributed by atoms with Gasteiger partial charge in [-0.15, -0.1) is 0 Å². The van der Waals surface area contributed by atoms with Crippen molar-refractivity contribution in [1.82, 2.24) is 9.13 Å². The lowest BCUT2D eigenvalue weighted by molar-refractivity contribution is 1.17. The van der Waals surface area contributed by atoms with E-state index in [-0.39, 0.29) is 0 Å². The van der Waals surface area contributed by atoms with Crippen molar-refractivity contribution in [2.45, 2.75) is 0 Å². The van der Waals surface area contributed by atoms with Crippen molar-refractivity contribution in [3.05, 3.63) is 243 Å². The van der Waals surface area contributed by atoms with Crippen molar-refractivity contribution >= 4 is 88.5 Å². The first-order chi connectivity index (χ1) is 30.8. The van der Waals surface area contributed by atoms with E-state index in [1.165, 1.54) is 37.8 Å². The monoisotopic (exact) mass is 792 g/mol. The summed E-state index contributed by atoms with van der Waals surface area (Å²) in [5, 5.41) is 7.24. The molecular weight excluding hydrogens is 753 g/mol. The highest BCUT2D eigenvalue weighted by atomic mass is 15.2. The fourth-order valence-electron chi connectivity index (χ4n) is 9.51. The summed E-state index contributed by atoms with van der Waals surface area (Å²) in [7, 11) is 0. The minimum absolute atomic E-state index is 1.05. The highest BCUT2D eigenvalue weighted by Crippen LogP contribution is 2.49. The van der Waals surface area contributed by atoms with E-state index in [1.807, 2.05) is 0 Å². The molecule has 0 radical (unpaired) electrons. The molecule has 2 heterocycles. The van der Waals surface area contributed by atoms with E-state index < -0.39 is 0 Å². The molecule has 12 rings (SSSR count). The molecule has 0 atom stereocenters. The number of rotatable bonds is 8. The van der Waals surface area contributed by atoms with Gasteiger partial charge in [-0.1, -0.05) is 133 Å². The SMILES string of the molecule is c1ccc(N(c2ccc3c(c2)c2cc4ccccc4cc2n3-c2ccccc2)c2cc(N(c3ccccc3)c3ccccc3)c3c4ccccc4n(-c4ccccc4)c3c2)cc1. The minimum Gasteiger partial charge on any atom is -0.310 e. The van der Waals surface area contributed by atoms with Crippen LogP contribution in [0.15, 0.2) is 243 Å². The topological polar surface area (TPSA) is 16.3 Å². The zero-order valence-corrected chi connectivity index (χ0v) is 33.9. The zero-order valence-electron chi connectivity index (χ0n) is 33.9. The maximum absolute atomic E-state index is 2.43. The Hall–Kier alpha value is -8.34. The average molecular weight is 793 g/mol. The molecule has 0 saturated heterocycles. The summed E-state index contributed by atoms with van der Waals surface area (Å²) < 4.78 is 4.84. The average Bonchev–Trinajstić information content (AvgIpc) is 3.84. The highest BCUT2D eigenvalue weighted by Gasteiger charge is 2.25. The molecule has 62 heavy (non-hydrogen) atoms. The third kappa shape index (κ3) is 5.84. The predicted molar refractivity (Wildman–Crippen MR) is 262 cm³/mol. The van der Waals surface area contributed by atoms with Gasteiger partial charge in [-0.2, -0.15) is 0 Å². The lowest BCUT2D eigenvalue weighted by atomic mass is 10.0. The number of anilines is 6. The molecule has 0 aliphatic heterocycles. The Morgan fingerprint density at radius 1 is 0.258 bits per heavy atom. The molecule has 0 bridgehead atoms. The first kappa shape index (κ1) is 35.6. The van der Waals surface area contributed by atoms with Gasteiger partial charge in [-0.05, 0) is 120 Å². The van der Waals surface area contributed by atoms with Crippen LogP contribution in [-0.2, 0) is 0 Å². The van der Waals surface area contributed by atoms with Crippen LogP contribution in [0.4, 0.5) is 34.1 Å². The molecule has 0 unspecified atom stereocenters. The summed E-state index contributed by atoms with van der Waals surface area (Å²) in [6, 6.07) is 87.7. The number of hydrogen-bond donors (Lipinski definition) is 0. The van der Waals surface area contributed by atoms with Gasteiger partial charge < -0.3 is 18.9 Å². The summed E-state index contributed by atoms with van der Waals surface area (Å²) in [5.74, 6) is 0.